The van der Waals surface area contributed by atoms with Crippen LogP contribution in [0, 0.1) is 0 Å². The van der Waals surface area contributed by atoms with Gasteiger partial charge < -0.3 is 15.0 Å². The lowest BCUT2D eigenvalue weighted by Crippen LogP contribution is -2.29. The normalized spacial score (nSPS) is 18.6. The standard InChI is InChI=1S/C15H21ClN2O2/c1-3-8-17-10-11-12(16)5-4-6-13(11)20-14-7-9-18(2)15(14)19/h4-6,14,17H,3,7-10H2,1-2H3. The van der Waals surface area contributed by atoms with Crippen molar-refractivity contribution in [3.05, 3.63) is 28.8 Å². The first-order valence-electron chi connectivity index (χ1n) is 7.03. The number of ether oxygens (including phenoxy) is 1. The van der Waals surface area contributed by atoms with E-state index >= 15 is 0 Å². The number of nitrogens with zero attached hydrogens (tertiary/aromatic N) is 1. The molecule has 5 heteroatoms. The number of likely N-dealkylation sites (tertiary alicyclic amines) is 1. The van der Waals surface area contributed by atoms with Gasteiger partial charge in [-0.3, -0.25) is 4.79 Å². The van der Waals surface area contributed by atoms with Crippen molar-refractivity contribution in [2.24, 2.45) is 0 Å². The van der Waals surface area contributed by atoms with E-state index in [1.54, 1.807) is 11.9 Å². The molecule has 4 nitrogen and oxygen atoms in total. The Balaban J connectivity index is 2.10. The molecule has 2 rings (SSSR count). The van der Waals surface area contributed by atoms with Gasteiger partial charge in [-0.15, -0.1) is 0 Å². The van der Waals surface area contributed by atoms with Crippen LogP contribution in [-0.4, -0.2) is 37.0 Å². The predicted octanol–water partition coefficient (Wildman–Crippen LogP) is 2.45. The van der Waals surface area contributed by atoms with Gasteiger partial charge in [0.25, 0.3) is 5.91 Å². The number of hydrogen-bond acceptors (Lipinski definition) is 3. The molecule has 1 unspecified atom stereocenters. The molecule has 1 fully saturated rings. The average Bonchev–Trinajstić information content (AvgIpc) is 2.74. The molecule has 0 aromatic heterocycles. The maximum absolute atomic E-state index is 11.9. The van der Waals surface area contributed by atoms with Crippen molar-refractivity contribution in [2.45, 2.75) is 32.4 Å². The molecule has 1 aliphatic rings. The number of nitrogens with one attached hydrogen (secondary N) is 1. The highest BCUT2D eigenvalue weighted by atomic mass is 35.5. The van der Waals surface area contributed by atoms with E-state index < -0.39 is 0 Å². The fraction of sp³-hybridized carbons (Fsp3) is 0.533. The third-order valence-electron chi connectivity index (χ3n) is 3.45. The number of halogens is 1. The number of amides is 1. The van der Waals surface area contributed by atoms with Gasteiger partial charge >= 0.3 is 0 Å². The van der Waals surface area contributed by atoms with Gasteiger partial charge in [-0.05, 0) is 25.1 Å². The monoisotopic (exact) mass is 296 g/mol. The first-order chi connectivity index (χ1) is 9.63. The van der Waals surface area contributed by atoms with Crippen LogP contribution in [0.15, 0.2) is 18.2 Å². The van der Waals surface area contributed by atoms with Crippen molar-refractivity contribution in [1.82, 2.24) is 10.2 Å². The lowest BCUT2D eigenvalue weighted by molar-refractivity contribution is -0.132. The van der Waals surface area contributed by atoms with Gasteiger partial charge in [0.15, 0.2) is 6.10 Å². The highest BCUT2D eigenvalue weighted by Crippen LogP contribution is 2.28. The summed E-state index contributed by atoms with van der Waals surface area (Å²) in [6.07, 6.45) is 1.40. The Hall–Kier alpha value is -1.26. The number of rotatable bonds is 6. The number of likely N-dealkylation sites (N-methyl/N-ethyl adjacent to an activating group) is 1. The number of carbonyl (C=O) groups excluding carboxylic acids is 1. The summed E-state index contributed by atoms with van der Waals surface area (Å²) in [6, 6.07) is 5.57. The highest BCUT2D eigenvalue weighted by Gasteiger charge is 2.31. The van der Waals surface area contributed by atoms with E-state index in [0.717, 1.165) is 31.5 Å². The van der Waals surface area contributed by atoms with Crippen molar-refractivity contribution >= 4 is 17.5 Å². The molecule has 20 heavy (non-hydrogen) atoms. The third kappa shape index (κ3) is 3.44. The summed E-state index contributed by atoms with van der Waals surface area (Å²) in [5.74, 6) is 0.743. The molecule has 0 aliphatic carbocycles. The second-order valence-corrected chi connectivity index (χ2v) is 5.46. The summed E-state index contributed by atoms with van der Waals surface area (Å²) >= 11 is 6.24. The third-order valence-corrected chi connectivity index (χ3v) is 3.81. The molecule has 1 N–H and O–H groups in total. The van der Waals surface area contributed by atoms with Crippen LogP contribution >= 0.6 is 11.6 Å². The summed E-state index contributed by atoms with van der Waals surface area (Å²) in [7, 11) is 1.80. The minimum atomic E-state index is -0.386. The lowest BCUT2D eigenvalue weighted by Gasteiger charge is -2.17. The van der Waals surface area contributed by atoms with E-state index in [9.17, 15) is 4.79 Å². The Morgan fingerprint density at radius 1 is 1.50 bits per heavy atom. The Kier molecular flexibility index (Phi) is 5.26. The summed E-state index contributed by atoms with van der Waals surface area (Å²) in [6.45, 7) is 4.44. The topological polar surface area (TPSA) is 41.6 Å². The van der Waals surface area contributed by atoms with Crippen LogP contribution in [0.3, 0.4) is 0 Å². The SMILES string of the molecule is CCCNCc1c(Cl)cccc1OC1CCN(C)C1=O. The maximum Gasteiger partial charge on any atom is 0.263 e. The van der Waals surface area contributed by atoms with Crippen LogP contribution in [0.1, 0.15) is 25.3 Å². The molecule has 110 valence electrons. The first kappa shape index (κ1) is 15.1. The van der Waals surface area contributed by atoms with Crippen LogP contribution in [0.4, 0.5) is 0 Å². The van der Waals surface area contributed by atoms with Gasteiger partial charge in [-0.1, -0.05) is 24.6 Å². The Bertz CT molecular complexity index is 479. The van der Waals surface area contributed by atoms with Crippen LogP contribution in [0.2, 0.25) is 5.02 Å². The Labute approximate surface area is 125 Å². The molecule has 1 aromatic carbocycles. The van der Waals surface area contributed by atoms with E-state index in [4.69, 9.17) is 16.3 Å². The van der Waals surface area contributed by atoms with Gasteiger partial charge in [-0.25, -0.2) is 0 Å². The average molecular weight is 297 g/mol. The van der Waals surface area contributed by atoms with Crippen molar-refractivity contribution < 1.29 is 9.53 Å². The molecular formula is C15H21ClN2O2. The molecule has 1 atom stereocenters. The van der Waals surface area contributed by atoms with Crippen molar-refractivity contribution in [3.63, 3.8) is 0 Å². The van der Waals surface area contributed by atoms with E-state index in [1.807, 2.05) is 18.2 Å². The largest absolute Gasteiger partial charge is 0.480 e. The molecule has 0 saturated carbocycles. The summed E-state index contributed by atoms with van der Waals surface area (Å²) in [4.78, 5) is 13.6. The van der Waals surface area contributed by atoms with Crippen molar-refractivity contribution in [3.8, 4) is 5.75 Å². The zero-order valence-corrected chi connectivity index (χ0v) is 12.7. The number of carbonyl (C=O) groups is 1. The van der Waals surface area contributed by atoms with E-state index in [0.29, 0.717) is 17.3 Å². The fourth-order valence-corrected chi connectivity index (χ4v) is 2.50. The fourth-order valence-electron chi connectivity index (χ4n) is 2.26. The Morgan fingerprint density at radius 2 is 2.30 bits per heavy atom. The summed E-state index contributed by atoms with van der Waals surface area (Å²) < 4.78 is 5.88. The quantitative estimate of drug-likeness (QED) is 0.820. The lowest BCUT2D eigenvalue weighted by atomic mass is 10.2. The first-order valence-corrected chi connectivity index (χ1v) is 7.41. The van der Waals surface area contributed by atoms with Gasteiger partial charge in [0, 0.05) is 37.1 Å². The number of hydrogen-bond donors (Lipinski definition) is 1. The molecule has 1 saturated heterocycles. The zero-order chi connectivity index (χ0) is 14.5. The van der Waals surface area contributed by atoms with E-state index in [-0.39, 0.29) is 12.0 Å². The van der Waals surface area contributed by atoms with Gasteiger partial charge in [0.1, 0.15) is 5.75 Å². The van der Waals surface area contributed by atoms with Crippen LogP contribution in [-0.2, 0) is 11.3 Å². The molecule has 0 bridgehead atoms. The van der Waals surface area contributed by atoms with Crippen molar-refractivity contribution in [1.29, 1.82) is 0 Å². The molecular weight excluding hydrogens is 276 g/mol. The molecule has 1 heterocycles. The van der Waals surface area contributed by atoms with Gasteiger partial charge in [0.05, 0.1) is 0 Å². The van der Waals surface area contributed by atoms with Crippen LogP contribution < -0.4 is 10.1 Å². The molecule has 1 aromatic rings. The highest BCUT2D eigenvalue weighted by molar-refractivity contribution is 6.31. The molecule has 0 radical (unpaired) electrons. The van der Waals surface area contributed by atoms with Crippen molar-refractivity contribution in [2.75, 3.05) is 20.1 Å². The van der Waals surface area contributed by atoms with E-state index in [1.165, 1.54) is 0 Å². The van der Waals surface area contributed by atoms with Crippen LogP contribution in [0.5, 0.6) is 5.75 Å². The van der Waals surface area contributed by atoms with Gasteiger partial charge in [-0.2, -0.15) is 0 Å². The molecule has 1 amide bonds. The predicted molar refractivity (Wildman–Crippen MR) is 80.1 cm³/mol. The van der Waals surface area contributed by atoms with Crippen LogP contribution in [0.25, 0.3) is 0 Å². The molecule has 0 spiro atoms. The van der Waals surface area contributed by atoms with E-state index in [2.05, 4.69) is 12.2 Å². The minimum Gasteiger partial charge on any atom is -0.480 e. The second kappa shape index (κ2) is 6.95. The number of benzene rings is 1. The minimum absolute atomic E-state index is 0.0393. The van der Waals surface area contributed by atoms with Gasteiger partial charge in [0.2, 0.25) is 0 Å². The Morgan fingerprint density at radius 3 is 2.95 bits per heavy atom. The smallest absolute Gasteiger partial charge is 0.263 e. The molecule has 1 aliphatic heterocycles. The zero-order valence-electron chi connectivity index (χ0n) is 12.0. The summed E-state index contributed by atoms with van der Waals surface area (Å²) in [5.41, 5.74) is 0.921. The maximum atomic E-state index is 11.9. The summed E-state index contributed by atoms with van der Waals surface area (Å²) in [5, 5.41) is 3.99. The second-order valence-electron chi connectivity index (χ2n) is 5.05.